The number of hydrogen-bond donors (Lipinski definition) is 2. The smallest absolute Gasteiger partial charge is 0.225 e. The molecule has 0 aliphatic carbocycles. The van der Waals surface area contributed by atoms with Crippen molar-refractivity contribution in [2.24, 2.45) is 11.3 Å². The first-order valence-corrected chi connectivity index (χ1v) is 5.89. The zero-order valence-electron chi connectivity index (χ0n) is 10.8. The third kappa shape index (κ3) is 6.50. The summed E-state index contributed by atoms with van der Waals surface area (Å²) in [5, 5.41) is 6.24. The van der Waals surface area contributed by atoms with Crippen LogP contribution in [0.2, 0.25) is 0 Å². The molecule has 1 amide bonds. The zero-order chi connectivity index (χ0) is 11.9. The maximum absolute atomic E-state index is 11.7. The number of carbonyl (C=O) groups excluding carboxylic acids is 1. The first-order chi connectivity index (χ1) is 6.90. The first-order valence-electron chi connectivity index (χ1n) is 5.89. The molecule has 0 unspecified atom stereocenters. The third-order valence-electron chi connectivity index (χ3n) is 2.64. The Morgan fingerprint density at radius 1 is 1.27 bits per heavy atom. The van der Waals surface area contributed by atoms with Crippen molar-refractivity contribution in [3.05, 3.63) is 0 Å². The van der Waals surface area contributed by atoms with Crippen molar-refractivity contribution in [3.8, 4) is 0 Å². The van der Waals surface area contributed by atoms with E-state index in [1.165, 1.54) is 0 Å². The van der Waals surface area contributed by atoms with Crippen LogP contribution in [0.4, 0.5) is 0 Å². The summed E-state index contributed by atoms with van der Waals surface area (Å²) in [6.07, 6.45) is 0.873. The van der Waals surface area contributed by atoms with Crippen molar-refractivity contribution in [2.75, 3.05) is 19.6 Å². The lowest BCUT2D eigenvalue weighted by molar-refractivity contribution is -0.129. The van der Waals surface area contributed by atoms with Gasteiger partial charge in [-0.3, -0.25) is 4.79 Å². The normalized spacial score (nSPS) is 11.9. The molecule has 2 N–H and O–H groups in total. The van der Waals surface area contributed by atoms with Gasteiger partial charge >= 0.3 is 0 Å². The van der Waals surface area contributed by atoms with E-state index < -0.39 is 0 Å². The molecule has 15 heavy (non-hydrogen) atoms. The summed E-state index contributed by atoms with van der Waals surface area (Å²) < 4.78 is 0. The molecule has 0 aliphatic rings. The maximum atomic E-state index is 11.7. The quantitative estimate of drug-likeness (QED) is 0.634. The largest absolute Gasteiger partial charge is 0.354 e. The average molecular weight is 214 g/mol. The Morgan fingerprint density at radius 3 is 2.33 bits per heavy atom. The Hall–Kier alpha value is -0.570. The minimum absolute atomic E-state index is 0.149. The van der Waals surface area contributed by atoms with Crippen LogP contribution in [0.25, 0.3) is 0 Å². The highest BCUT2D eigenvalue weighted by molar-refractivity contribution is 5.81. The van der Waals surface area contributed by atoms with Gasteiger partial charge in [-0.2, -0.15) is 0 Å². The second kappa shape index (κ2) is 6.83. The Kier molecular flexibility index (Phi) is 6.57. The molecule has 0 aromatic rings. The van der Waals surface area contributed by atoms with Crippen LogP contribution < -0.4 is 10.6 Å². The number of nitrogens with one attached hydrogen (secondary N) is 2. The van der Waals surface area contributed by atoms with Crippen LogP contribution in [-0.4, -0.2) is 25.5 Å². The summed E-state index contributed by atoms with van der Waals surface area (Å²) in [5.74, 6) is 0.809. The molecule has 0 aromatic carbocycles. The number of hydrogen-bond acceptors (Lipinski definition) is 2. The molecule has 3 nitrogen and oxygen atoms in total. The minimum atomic E-state index is -0.238. The Labute approximate surface area is 94.0 Å². The van der Waals surface area contributed by atoms with E-state index in [4.69, 9.17) is 0 Å². The molecule has 0 bridgehead atoms. The zero-order valence-corrected chi connectivity index (χ0v) is 10.8. The Bertz CT molecular complexity index is 188. The molecule has 0 heterocycles. The monoisotopic (exact) mass is 214 g/mol. The lowest BCUT2D eigenvalue weighted by Gasteiger charge is -2.21. The second-order valence-corrected chi connectivity index (χ2v) is 5.09. The van der Waals surface area contributed by atoms with Crippen molar-refractivity contribution >= 4 is 5.91 Å². The van der Waals surface area contributed by atoms with Gasteiger partial charge in [0.05, 0.1) is 0 Å². The van der Waals surface area contributed by atoms with Gasteiger partial charge < -0.3 is 10.6 Å². The van der Waals surface area contributed by atoms with Crippen LogP contribution in [0.5, 0.6) is 0 Å². The van der Waals surface area contributed by atoms with E-state index in [0.717, 1.165) is 26.1 Å². The van der Waals surface area contributed by atoms with Gasteiger partial charge in [-0.15, -0.1) is 0 Å². The molecule has 0 aromatic heterocycles. The fourth-order valence-electron chi connectivity index (χ4n) is 1.05. The van der Waals surface area contributed by atoms with Crippen LogP contribution in [0, 0.1) is 11.3 Å². The lowest BCUT2D eigenvalue weighted by atomic mass is 9.89. The summed E-state index contributed by atoms with van der Waals surface area (Å²) in [7, 11) is 0. The van der Waals surface area contributed by atoms with Crippen LogP contribution in [0.15, 0.2) is 0 Å². The van der Waals surface area contributed by atoms with Crippen molar-refractivity contribution in [1.82, 2.24) is 10.6 Å². The minimum Gasteiger partial charge on any atom is -0.354 e. The number of rotatable bonds is 7. The molecule has 0 saturated heterocycles. The summed E-state index contributed by atoms with van der Waals surface area (Å²) in [4.78, 5) is 11.7. The van der Waals surface area contributed by atoms with Crippen molar-refractivity contribution in [3.63, 3.8) is 0 Å². The predicted octanol–water partition coefficient (Wildman–Crippen LogP) is 1.78. The van der Waals surface area contributed by atoms with E-state index in [9.17, 15) is 4.79 Å². The molecule has 90 valence electrons. The Balaban J connectivity index is 3.56. The molecule has 0 spiro atoms. The van der Waals surface area contributed by atoms with E-state index in [-0.39, 0.29) is 11.3 Å². The van der Waals surface area contributed by atoms with Crippen molar-refractivity contribution < 1.29 is 4.79 Å². The highest BCUT2D eigenvalue weighted by atomic mass is 16.2. The first kappa shape index (κ1) is 14.4. The highest BCUT2D eigenvalue weighted by Crippen LogP contribution is 2.18. The summed E-state index contributed by atoms with van der Waals surface area (Å²) in [6.45, 7) is 12.9. The molecule has 3 heteroatoms. The molecule has 0 atom stereocenters. The Morgan fingerprint density at radius 2 is 1.87 bits per heavy atom. The molecular formula is C12H26N2O. The van der Waals surface area contributed by atoms with E-state index in [1.54, 1.807) is 0 Å². The maximum Gasteiger partial charge on any atom is 0.225 e. The van der Waals surface area contributed by atoms with Gasteiger partial charge in [0.25, 0.3) is 0 Å². The molecule has 0 rings (SSSR count). The van der Waals surface area contributed by atoms with E-state index >= 15 is 0 Å². The fraction of sp³-hybridized carbons (Fsp3) is 0.917. The highest BCUT2D eigenvalue weighted by Gasteiger charge is 2.24. The van der Waals surface area contributed by atoms with Crippen molar-refractivity contribution in [2.45, 2.75) is 41.0 Å². The van der Waals surface area contributed by atoms with Gasteiger partial charge in [-0.1, -0.05) is 34.6 Å². The average Bonchev–Trinajstić information content (AvgIpc) is 2.16. The second-order valence-electron chi connectivity index (χ2n) is 5.09. The summed E-state index contributed by atoms with van der Waals surface area (Å²) in [5.41, 5.74) is -0.238. The summed E-state index contributed by atoms with van der Waals surface area (Å²) in [6, 6.07) is 0. The number of amides is 1. The molecule has 0 aliphatic heterocycles. The van der Waals surface area contributed by atoms with E-state index in [0.29, 0.717) is 5.92 Å². The van der Waals surface area contributed by atoms with Crippen LogP contribution in [-0.2, 0) is 4.79 Å². The molecule has 0 fully saturated rings. The van der Waals surface area contributed by atoms with Crippen LogP contribution >= 0.6 is 0 Å². The van der Waals surface area contributed by atoms with Gasteiger partial charge in [-0.05, 0) is 18.9 Å². The van der Waals surface area contributed by atoms with Gasteiger partial charge in [0, 0.05) is 18.5 Å². The number of carbonyl (C=O) groups is 1. The fourth-order valence-corrected chi connectivity index (χ4v) is 1.05. The summed E-state index contributed by atoms with van der Waals surface area (Å²) >= 11 is 0. The molecule has 0 radical (unpaired) electrons. The van der Waals surface area contributed by atoms with Gasteiger partial charge in [0.2, 0.25) is 5.91 Å². The van der Waals surface area contributed by atoms with Crippen LogP contribution in [0.3, 0.4) is 0 Å². The SMILES string of the molecule is CCC(C)(C)C(=O)NCCNCC(C)C. The lowest BCUT2D eigenvalue weighted by Crippen LogP contribution is -2.40. The van der Waals surface area contributed by atoms with E-state index in [1.807, 2.05) is 20.8 Å². The van der Waals surface area contributed by atoms with Gasteiger partial charge in [0.15, 0.2) is 0 Å². The van der Waals surface area contributed by atoms with Gasteiger partial charge in [0.1, 0.15) is 0 Å². The van der Waals surface area contributed by atoms with E-state index in [2.05, 4.69) is 24.5 Å². The van der Waals surface area contributed by atoms with Gasteiger partial charge in [-0.25, -0.2) is 0 Å². The van der Waals surface area contributed by atoms with Crippen LogP contribution in [0.1, 0.15) is 41.0 Å². The standard InChI is InChI=1S/C12H26N2O/c1-6-12(4,5)11(15)14-8-7-13-9-10(2)3/h10,13H,6-9H2,1-5H3,(H,14,15). The van der Waals surface area contributed by atoms with Crippen molar-refractivity contribution in [1.29, 1.82) is 0 Å². The predicted molar refractivity (Wildman–Crippen MR) is 64.8 cm³/mol. The molecule has 0 saturated carbocycles. The molecular weight excluding hydrogens is 188 g/mol. The topological polar surface area (TPSA) is 41.1 Å². The third-order valence-corrected chi connectivity index (χ3v) is 2.64.